The molecule has 1 aromatic rings. The Bertz CT molecular complexity index is 345. The molecule has 0 spiro atoms. The average molecular weight is 179 g/mol. The molecule has 0 aliphatic rings. The zero-order chi connectivity index (χ0) is 10.0. The van der Waals surface area contributed by atoms with Crippen molar-refractivity contribution in [1.29, 1.82) is 0 Å². The van der Waals surface area contributed by atoms with E-state index in [4.69, 9.17) is 10.5 Å². The molecule has 0 saturated heterocycles. The Labute approximate surface area is 77.5 Å². The lowest BCUT2D eigenvalue weighted by Gasteiger charge is -2.08. The van der Waals surface area contributed by atoms with Gasteiger partial charge in [0, 0.05) is 6.92 Å². The number of anilines is 1. The smallest absolute Gasteiger partial charge is 0.308 e. The minimum atomic E-state index is -0.350. The lowest BCUT2D eigenvalue weighted by Crippen LogP contribution is -2.05. The van der Waals surface area contributed by atoms with Gasteiger partial charge in [0.25, 0.3) is 0 Å². The second-order valence-corrected chi connectivity index (χ2v) is 3.09. The van der Waals surface area contributed by atoms with Crippen molar-refractivity contribution in [3.8, 4) is 5.75 Å². The molecule has 1 rings (SSSR count). The van der Waals surface area contributed by atoms with Crippen LogP contribution in [-0.2, 0) is 4.79 Å². The Balaban J connectivity index is 3.12. The van der Waals surface area contributed by atoms with E-state index in [9.17, 15) is 4.79 Å². The minimum Gasteiger partial charge on any atom is -0.424 e. The number of benzene rings is 1. The summed E-state index contributed by atoms with van der Waals surface area (Å²) in [4.78, 5) is 10.7. The molecule has 0 radical (unpaired) electrons. The van der Waals surface area contributed by atoms with Crippen molar-refractivity contribution in [3.63, 3.8) is 0 Å². The van der Waals surface area contributed by atoms with Crippen LogP contribution < -0.4 is 10.5 Å². The summed E-state index contributed by atoms with van der Waals surface area (Å²) in [6.07, 6.45) is 0. The van der Waals surface area contributed by atoms with E-state index in [2.05, 4.69) is 0 Å². The third kappa shape index (κ3) is 2.21. The summed E-state index contributed by atoms with van der Waals surface area (Å²) in [5.41, 5.74) is 8.21. The molecule has 3 heteroatoms. The van der Waals surface area contributed by atoms with Gasteiger partial charge in [0.15, 0.2) is 5.75 Å². The molecular formula is C10H13NO2. The van der Waals surface area contributed by atoms with Crippen molar-refractivity contribution < 1.29 is 9.53 Å². The summed E-state index contributed by atoms with van der Waals surface area (Å²) in [6.45, 7) is 5.17. The number of nitrogens with two attached hydrogens (primary N) is 1. The van der Waals surface area contributed by atoms with Crippen LogP contribution in [0.25, 0.3) is 0 Å². The number of aryl methyl sites for hydroxylation is 2. The molecule has 0 atom stereocenters. The maximum atomic E-state index is 10.7. The zero-order valence-corrected chi connectivity index (χ0v) is 8.05. The molecule has 0 aromatic heterocycles. The first-order valence-corrected chi connectivity index (χ1v) is 4.06. The fraction of sp³-hybridized carbons (Fsp3) is 0.300. The number of ether oxygens (including phenoxy) is 1. The van der Waals surface area contributed by atoms with Crippen molar-refractivity contribution in [2.45, 2.75) is 20.8 Å². The van der Waals surface area contributed by atoms with E-state index in [-0.39, 0.29) is 5.97 Å². The van der Waals surface area contributed by atoms with Crippen LogP contribution in [0, 0.1) is 13.8 Å². The van der Waals surface area contributed by atoms with E-state index in [1.165, 1.54) is 6.92 Å². The lowest BCUT2D eigenvalue weighted by molar-refractivity contribution is -0.131. The monoisotopic (exact) mass is 179 g/mol. The Morgan fingerprint density at radius 2 is 2.00 bits per heavy atom. The number of esters is 1. The van der Waals surface area contributed by atoms with Gasteiger partial charge in [0.1, 0.15) is 0 Å². The number of hydrogen-bond donors (Lipinski definition) is 1. The predicted octanol–water partition coefficient (Wildman–Crippen LogP) is 1.81. The molecule has 0 fully saturated rings. The molecule has 70 valence electrons. The third-order valence-corrected chi connectivity index (χ3v) is 1.75. The van der Waals surface area contributed by atoms with Gasteiger partial charge in [0.05, 0.1) is 5.69 Å². The number of nitrogen functional groups attached to an aromatic ring is 1. The van der Waals surface area contributed by atoms with E-state index in [1.54, 1.807) is 6.07 Å². The fourth-order valence-corrected chi connectivity index (χ4v) is 1.18. The number of carbonyl (C=O) groups is 1. The van der Waals surface area contributed by atoms with Crippen LogP contribution in [-0.4, -0.2) is 5.97 Å². The van der Waals surface area contributed by atoms with Gasteiger partial charge < -0.3 is 10.5 Å². The van der Waals surface area contributed by atoms with Gasteiger partial charge in [0.2, 0.25) is 0 Å². The Morgan fingerprint density at radius 1 is 1.38 bits per heavy atom. The topological polar surface area (TPSA) is 52.3 Å². The second kappa shape index (κ2) is 3.47. The van der Waals surface area contributed by atoms with E-state index in [0.29, 0.717) is 11.4 Å². The van der Waals surface area contributed by atoms with Gasteiger partial charge in [-0.25, -0.2) is 0 Å². The first-order chi connectivity index (χ1) is 6.00. The van der Waals surface area contributed by atoms with Crippen LogP contribution in [0.4, 0.5) is 5.69 Å². The van der Waals surface area contributed by atoms with Crippen LogP contribution in [0.3, 0.4) is 0 Å². The summed E-state index contributed by atoms with van der Waals surface area (Å²) in [5, 5.41) is 0. The Hall–Kier alpha value is -1.51. The molecule has 0 amide bonds. The van der Waals surface area contributed by atoms with Crippen LogP contribution >= 0.6 is 0 Å². The molecule has 2 N–H and O–H groups in total. The van der Waals surface area contributed by atoms with Crippen LogP contribution in [0.15, 0.2) is 12.1 Å². The fourth-order valence-electron chi connectivity index (χ4n) is 1.18. The molecule has 0 aliphatic carbocycles. The zero-order valence-electron chi connectivity index (χ0n) is 8.05. The van der Waals surface area contributed by atoms with Crippen molar-refractivity contribution in [3.05, 3.63) is 23.3 Å². The maximum Gasteiger partial charge on any atom is 0.308 e. The molecule has 1 aromatic carbocycles. The SMILES string of the molecule is CC(=O)Oc1cc(C)cc(C)c1N. The molecule has 0 aliphatic heterocycles. The van der Waals surface area contributed by atoms with E-state index in [1.807, 2.05) is 19.9 Å². The standard InChI is InChI=1S/C10H13NO2/c1-6-4-7(2)10(11)9(5-6)13-8(3)12/h4-5H,11H2,1-3H3. The average Bonchev–Trinajstić information content (AvgIpc) is 1.98. The number of carbonyl (C=O) groups excluding carboxylic acids is 1. The predicted molar refractivity (Wildman–Crippen MR) is 51.6 cm³/mol. The highest BCUT2D eigenvalue weighted by Crippen LogP contribution is 2.26. The number of rotatable bonds is 1. The molecule has 0 bridgehead atoms. The highest BCUT2D eigenvalue weighted by atomic mass is 16.5. The first-order valence-electron chi connectivity index (χ1n) is 4.06. The molecule has 0 saturated carbocycles. The van der Waals surface area contributed by atoms with Gasteiger partial charge in [-0.15, -0.1) is 0 Å². The summed E-state index contributed by atoms with van der Waals surface area (Å²) in [6, 6.07) is 3.70. The Morgan fingerprint density at radius 3 is 2.54 bits per heavy atom. The van der Waals surface area contributed by atoms with Crippen LogP contribution in [0.2, 0.25) is 0 Å². The highest BCUT2D eigenvalue weighted by molar-refractivity contribution is 5.73. The van der Waals surface area contributed by atoms with Gasteiger partial charge in [-0.3, -0.25) is 4.79 Å². The van der Waals surface area contributed by atoms with E-state index in [0.717, 1.165) is 11.1 Å². The van der Waals surface area contributed by atoms with Crippen LogP contribution in [0.5, 0.6) is 5.75 Å². The summed E-state index contributed by atoms with van der Waals surface area (Å²) < 4.78 is 4.94. The van der Waals surface area contributed by atoms with E-state index < -0.39 is 0 Å². The maximum absolute atomic E-state index is 10.7. The van der Waals surface area contributed by atoms with Gasteiger partial charge >= 0.3 is 5.97 Å². The largest absolute Gasteiger partial charge is 0.424 e. The summed E-state index contributed by atoms with van der Waals surface area (Å²) >= 11 is 0. The number of hydrogen-bond acceptors (Lipinski definition) is 3. The van der Waals surface area contributed by atoms with Crippen molar-refractivity contribution in [2.75, 3.05) is 5.73 Å². The van der Waals surface area contributed by atoms with Gasteiger partial charge in [-0.05, 0) is 31.0 Å². The third-order valence-electron chi connectivity index (χ3n) is 1.75. The quantitative estimate of drug-likeness (QED) is 0.406. The van der Waals surface area contributed by atoms with Gasteiger partial charge in [-0.1, -0.05) is 6.07 Å². The van der Waals surface area contributed by atoms with Gasteiger partial charge in [-0.2, -0.15) is 0 Å². The molecular weight excluding hydrogens is 166 g/mol. The molecule has 0 unspecified atom stereocenters. The summed E-state index contributed by atoms with van der Waals surface area (Å²) in [5.74, 6) is 0.0988. The highest BCUT2D eigenvalue weighted by Gasteiger charge is 2.06. The van der Waals surface area contributed by atoms with Crippen molar-refractivity contribution in [2.24, 2.45) is 0 Å². The molecule has 13 heavy (non-hydrogen) atoms. The summed E-state index contributed by atoms with van der Waals surface area (Å²) in [7, 11) is 0. The van der Waals surface area contributed by atoms with Crippen LogP contribution in [0.1, 0.15) is 18.1 Å². The lowest BCUT2D eigenvalue weighted by atomic mass is 10.1. The van der Waals surface area contributed by atoms with E-state index >= 15 is 0 Å². The molecule has 3 nitrogen and oxygen atoms in total. The Kier molecular flexibility index (Phi) is 2.56. The first kappa shape index (κ1) is 9.58. The van der Waals surface area contributed by atoms with Crippen molar-refractivity contribution >= 4 is 11.7 Å². The van der Waals surface area contributed by atoms with Crippen molar-refractivity contribution in [1.82, 2.24) is 0 Å². The minimum absolute atomic E-state index is 0.350. The normalized spacial score (nSPS) is 9.77. The second-order valence-electron chi connectivity index (χ2n) is 3.09. The molecule has 0 heterocycles.